The number of fused-ring (bicyclic) bond motifs is 1. The number of furan rings is 1. The minimum Gasteiger partial charge on any atom is -0.457 e. The number of esters is 1. The van der Waals surface area contributed by atoms with Gasteiger partial charge in [-0.15, -0.1) is 0 Å². The van der Waals surface area contributed by atoms with E-state index in [1.54, 1.807) is 30.3 Å². The van der Waals surface area contributed by atoms with Crippen LogP contribution in [0.5, 0.6) is 11.5 Å². The van der Waals surface area contributed by atoms with Gasteiger partial charge in [-0.05, 0) is 36.8 Å². The van der Waals surface area contributed by atoms with Crippen molar-refractivity contribution in [3.8, 4) is 11.5 Å². The molecule has 4 rings (SSSR count). The summed E-state index contributed by atoms with van der Waals surface area (Å²) in [4.78, 5) is 25.2. The molecular formula is C22H19NO6. The predicted octanol–water partition coefficient (Wildman–Crippen LogP) is 3.53. The van der Waals surface area contributed by atoms with Crippen LogP contribution in [0, 0.1) is 6.92 Å². The van der Waals surface area contributed by atoms with Crippen LogP contribution >= 0.6 is 0 Å². The van der Waals surface area contributed by atoms with E-state index in [0.717, 1.165) is 11.1 Å². The summed E-state index contributed by atoms with van der Waals surface area (Å²) in [6.07, 6.45) is 0.263. The fourth-order valence-corrected chi connectivity index (χ4v) is 2.91. The number of amides is 1. The van der Waals surface area contributed by atoms with Gasteiger partial charge in [-0.1, -0.05) is 35.9 Å². The first-order valence-electron chi connectivity index (χ1n) is 9.07. The largest absolute Gasteiger partial charge is 0.457 e. The van der Waals surface area contributed by atoms with E-state index < -0.39 is 18.0 Å². The Balaban J connectivity index is 1.49. The number of carbonyl (C=O) groups excluding carboxylic acids is 2. The zero-order valence-electron chi connectivity index (χ0n) is 15.7. The molecule has 7 nitrogen and oxygen atoms in total. The van der Waals surface area contributed by atoms with Crippen molar-refractivity contribution in [3.63, 3.8) is 0 Å². The molecule has 148 valence electrons. The average molecular weight is 393 g/mol. The van der Waals surface area contributed by atoms with Crippen LogP contribution in [0.2, 0.25) is 0 Å². The summed E-state index contributed by atoms with van der Waals surface area (Å²) in [5.41, 5.74) is 2.44. The molecule has 2 heterocycles. The predicted molar refractivity (Wildman–Crippen MR) is 102 cm³/mol. The van der Waals surface area contributed by atoms with Gasteiger partial charge in [0.1, 0.15) is 0 Å². The number of rotatable bonds is 6. The first-order valence-corrected chi connectivity index (χ1v) is 9.07. The maximum absolute atomic E-state index is 12.9. The first kappa shape index (κ1) is 18.6. The lowest BCUT2D eigenvalue weighted by atomic mass is 10.1. The molecule has 0 fully saturated rings. The molecule has 1 amide bonds. The van der Waals surface area contributed by atoms with Gasteiger partial charge in [0.25, 0.3) is 5.91 Å². The maximum Gasteiger partial charge on any atom is 0.375 e. The second-order valence-electron chi connectivity index (χ2n) is 6.58. The van der Waals surface area contributed by atoms with Crippen LogP contribution in [0.15, 0.2) is 65.3 Å². The van der Waals surface area contributed by atoms with Crippen LogP contribution in [0.25, 0.3) is 0 Å². The summed E-state index contributed by atoms with van der Waals surface area (Å²) in [7, 11) is 0. The van der Waals surface area contributed by atoms with Gasteiger partial charge in [-0.2, -0.15) is 0 Å². The standard InChI is InChI=1S/C22H19NO6/c1-14-4-7-16(8-5-14)20(29-22(25)18-3-2-10-26-18)21(24)23-12-15-6-9-17-19(11-15)28-13-27-17/h2-11,20H,12-13H2,1H3,(H,23,24). The summed E-state index contributed by atoms with van der Waals surface area (Å²) in [5, 5.41) is 2.81. The zero-order valence-corrected chi connectivity index (χ0v) is 15.7. The highest BCUT2D eigenvalue weighted by atomic mass is 16.7. The number of hydrogen-bond donors (Lipinski definition) is 1. The van der Waals surface area contributed by atoms with E-state index in [4.69, 9.17) is 18.6 Å². The monoisotopic (exact) mass is 393 g/mol. The maximum atomic E-state index is 12.9. The van der Waals surface area contributed by atoms with Gasteiger partial charge >= 0.3 is 5.97 Å². The molecule has 0 aliphatic carbocycles. The number of hydrogen-bond acceptors (Lipinski definition) is 6. The highest BCUT2D eigenvalue weighted by Crippen LogP contribution is 2.32. The molecule has 1 atom stereocenters. The average Bonchev–Trinajstić information content (AvgIpc) is 3.42. The lowest BCUT2D eigenvalue weighted by Crippen LogP contribution is -2.31. The van der Waals surface area contributed by atoms with Crippen molar-refractivity contribution in [2.24, 2.45) is 0 Å². The molecule has 0 bridgehead atoms. The molecule has 3 aromatic rings. The molecule has 29 heavy (non-hydrogen) atoms. The third kappa shape index (κ3) is 4.24. The second-order valence-corrected chi connectivity index (χ2v) is 6.58. The van der Waals surface area contributed by atoms with Crippen molar-refractivity contribution in [3.05, 3.63) is 83.3 Å². The Morgan fingerprint density at radius 2 is 1.86 bits per heavy atom. The summed E-state index contributed by atoms with van der Waals surface area (Å²) < 4.78 is 21.2. The fraction of sp³-hybridized carbons (Fsp3) is 0.182. The van der Waals surface area contributed by atoms with Crippen LogP contribution in [0.3, 0.4) is 0 Å². The van der Waals surface area contributed by atoms with Crippen LogP contribution in [0.4, 0.5) is 0 Å². The summed E-state index contributed by atoms with van der Waals surface area (Å²) in [5.74, 6) is 0.192. The Hall–Kier alpha value is -3.74. The van der Waals surface area contributed by atoms with E-state index >= 15 is 0 Å². The number of nitrogens with one attached hydrogen (secondary N) is 1. The first-order chi connectivity index (χ1) is 14.1. The molecule has 0 saturated heterocycles. The van der Waals surface area contributed by atoms with Crippen molar-refractivity contribution in [1.29, 1.82) is 0 Å². The van der Waals surface area contributed by atoms with Crippen molar-refractivity contribution in [1.82, 2.24) is 5.32 Å². The Kier molecular flexibility index (Phi) is 5.20. The van der Waals surface area contributed by atoms with Crippen molar-refractivity contribution in [2.45, 2.75) is 19.6 Å². The van der Waals surface area contributed by atoms with Gasteiger partial charge in [0, 0.05) is 12.1 Å². The third-order valence-corrected chi connectivity index (χ3v) is 4.47. The minimum atomic E-state index is -1.11. The van der Waals surface area contributed by atoms with Crippen LogP contribution in [-0.2, 0) is 16.1 Å². The summed E-state index contributed by atoms with van der Waals surface area (Å²) >= 11 is 0. The molecule has 2 aromatic carbocycles. The van der Waals surface area contributed by atoms with Gasteiger partial charge < -0.3 is 23.9 Å². The van der Waals surface area contributed by atoms with E-state index in [2.05, 4.69) is 5.32 Å². The van der Waals surface area contributed by atoms with E-state index in [9.17, 15) is 9.59 Å². The molecule has 7 heteroatoms. The fourth-order valence-electron chi connectivity index (χ4n) is 2.91. The quantitative estimate of drug-likeness (QED) is 0.645. The van der Waals surface area contributed by atoms with Crippen LogP contribution < -0.4 is 14.8 Å². The normalized spacial score (nSPS) is 13.0. The number of aryl methyl sites for hydroxylation is 1. The molecule has 0 saturated carbocycles. The van der Waals surface area contributed by atoms with Crippen LogP contribution in [0.1, 0.15) is 33.3 Å². The molecule has 1 aliphatic rings. The summed E-state index contributed by atoms with van der Waals surface area (Å²) in [6, 6.07) is 15.7. The lowest BCUT2D eigenvalue weighted by molar-refractivity contribution is -0.130. The molecule has 1 N–H and O–H groups in total. The van der Waals surface area contributed by atoms with E-state index in [-0.39, 0.29) is 19.1 Å². The number of carbonyl (C=O) groups is 2. The van der Waals surface area contributed by atoms with E-state index in [1.807, 2.05) is 25.1 Å². The molecule has 1 aliphatic heterocycles. The Morgan fingerprint density at radius 1 is 1.07 bits per heavy atom. The topological polar surface area (TPSA) is 87.0 Å². The summed E-state index contributed by atoms with van der Waals surface area (Å²) in [6.45, 7) is 2.37. The highest BCUT2D eigenvalue weighted by molar-refractivity contribution is 5.90. The van der Waals surface area contributed by atoms with Crippen LogP contribution in [-0.4, -0.2) is 18.7 Å². The Labute approximate surface area is 167 Å². The SMILES string of the molecule is Cc1ccc(C(OC(=O)c2ccco2)C(=O)NCc2ccc3c(c2)OCO3)cc1. The second kappa shape index (κ2) is 8.10. The number of ether oxygens (including phenoxy) is 3. The molecule has 0 radical (unpaired) electrons. The van der Waals surface area contributed by atoms with Crippen molar-refractivity contribution >= 4 is 11.9 Å². The van der Waals surface area contributed by atoms with Gasteiger partial charge in [0.05, 0.1) is 6.26 Å². The smallest absolute Gasteiger partial charge is 0.375 e. The van der Waals surface area contributed by atoms with Crippen molar-refractivity contribution in [2.75, 3.05) is 6.79 Å². The van der Waals surface area contributed by atoms with Crippen molar-refractivity contribution < 1.29 is 28.2 Å². The van der Waals surface area contributed by atoms with Gasteiger partial charge in [0.2, 0.25) is 18.7 Å². The molecule has 1 unspecified atom stereocenters. The van der Waals surface area contributed by atoms with Gasteiger partial charge in [-0.25, -0.2) is 4.79 Å². The van der Waals surface area contributed by atoms with Gasteiger partial charge in [-0.3, -0.25) is 4.79 Å². The molecular weight excluding hydrogens is 374 g/mol. The highest BCUT2D eigenvalue weighted by Gasteiger charge is 2.26. The Morgan fingerprint density at radius 3 is 2.62 bits per heavy atom. The lowest BCUT2D eigenvalue weighted by Gasteiger charge is -2.18. The van der Waals surface area contributed by atoms with Gasteiger partial charge in [0.15, 0.2) is 11.5 Å². The third-order valence-electron chi connectivity index (χ3n) is 4.47. The zero-order chi connectivity index (χ0) is 20.2. The molecule has 1 aromatic heterocycles. The number of benzene rings is 2. The molecule has 0 spiro atoms. The van der Waals surface area contributed by atoms with E-state index in [0.29, 0.717) is 17.1 Å². The van der Waals surface area contributed by atoms with E-state index in [1.165, 1.54) is 12.3 Å². The Bertz CT molecular complexity index is 1010. The minimum absolute atomic E-state index is 0.0330.